The van der Waals surface area contributed by atoms with Gasteiger partial charge in [0.05, 0.1) is 5.54 Å². The van der Waals surface area contributed by atoms with Crippen LogP contribution in [0.25, 0.3) is 10.9 Å². The summed E-state index contributed by atoms with van der Waals surface area (Å²) in [5.74, 6) is 1.22. The molecule has 1 heterocycles. The van der Waals surface area contributed by atoms with Crippen LogP contribution in [0.1, 0.15) is 31.7 Å². The van der Waals surface area contributed by atoms with Crippen LogP contribution in [0.15, 0.2) is 35.5 Å². The van der Waals surface area contributed by atoms with Gasteiger partial charge >= 0.3 is 0 Å². The number of aromatic nitrogens is 1. The lowest BCUT2D eigenvalue weighted by Gasteiger charge is -2.35. The Morgan fingerprint density at radius 2 is 2.14 bits per heavy atom. The average Bonchev–Trinajstić information content (AvgIpc) is 3.10. The van der Waals surface area contributed by atoms with Crippen molar-refractivity contribution >= 4 is 16.6 Å². The molecule has 3 saturated carbocycles. The molecule has 0 spiro atoms. The Morgan fingerprint density at radius 1 is 1.33 bits per heavy atom. The van der Waals surface area contributed by atoms with Crippen molar-refractivity contribution in [3.8, 4) is 0 Å². The van der Waals surface area contributed by atoms with E-state index in [1.54, 1.807) is 0 Å². The summed E-state index contributed by atoms with van der Waals surface area (Å²) in [4.78, 5) is 8.38. The number of aromatic amines is 1. The third-order valence-electron chi connectivity index (χ3n) is 5.38. The number of nitrogens with zero attached hydrogens (tertiary/aromatic N) is 1. The molecule has 2 aromatic rings. The highest BCUT2D eigenvalue weighted by Gasteiger charge is 2.55. The Morgan fingerprint density at radius 3 is 2.90 bits per heavy atom. The predicted molar refractivity (Wildman–Crippen MR) is 85.8 cm³/mol. The summed E-state index contributed by atoms with van der Waals surface area (Å²) < 4.78 is 0. The highest BCUT2D eigenvalue weighted by atomic mass is 16.3. The Labute approximate surface area is 125 Å². The van der Waals surface area contributed by atoms with E-state index < -0.39 is 0 Å². The first-order valence-corrected chi connectivity index (χ1v) is 7.90. The smallest absolute Gasteiger partial charge is 0.0616 e. The Bertz CT molecular complexity index is 694. The van der Waals surface area contributed by atoms with Crippen molar-refractivity contribution in [3.63, 3.8) is 0 Å². The number of aliphatic hydroxyl groups is 1. The number of hydrogen-bond acceptors (Lipinski definition) is 2. The molecule has 3 aliphatic rings. The van der Waals surface area contributed by atoms with E-state index in [0.717, 1.165) is 18.8 Å². The molecule has 2 bridgehead atoms. The van der Waals surface area contributed by atoms with E-state index in [9.17, 15) is 5.11 Å². The van der Waals surface area contributed by atoms with E-state index in [4.69, 9.17) is 4.99 Å². The highest BCUT2D eigenvalue weighted by molar-refractivity contribution is 5.91. The quantitative estimate of drug-likeness (QED) is 0.830. The van der Waals surface area contributed by atoms with Gasteiger partial charge in [0, 0.05) is 35.8 Å². The lowest BCUT2D eigenvalue weighted by atomic mass is 9.76. The number of para-hydroxylation sites is 1. The molecule has 5 rings (SSSR count). The number of fused-ring (bicyclic) bond motifs is 2. The molecule has 0 saturated heterocycles. The first-order chi connectivity index (χ1) is 10.2. The lowest BCUT2D eigenvalue weighted by Crippen LogP contribution is -2.34. The molecule has 3 heteroatoms. The maximum Gasteiger partial charge on any atom is 0.0616 e. The third kappa shape index (κ3) is 2.11. The summed E-state index contributed by atoms with van der Waals surface area (Å²) in [6.07, 6.45) is 6.47. The van der Waals surface area contributed by atoms with Gasteiger partial charge in [-0.1, -0.05) is 18.2 Å². The summed E-state index contributed by atoms with van der Waals surface area (Å²) in [7, 11) is 0. The van der Waals surface area contributed by atoms with E-state index in [0.29, 0.717) is 12.5 Å². The minimum Gasteiger partial charge on any atom is -0.396 e. The summed E-state index contributed by atoms with van der Waals surface area (Å²) in [6.45, 7) is 2.49. The van der Waals surface area contributed by atoms with E-state index in [2.05, 4.69) is 42.4 Å². The Balaban J connectivity index is 1.54. The van der Waals surface area contributed by atoms with Crippen LogP contribution in [-0.2, 0) is 6.42 Å². The summed E-state index contributed by atoms with van der Waals surface area (Å²) >= 11 is 0. The van der Waals surface area contributed by atoms with Gasteiger partial charge in [-0.3, -0.25) is 4.99 Å². The van der Waals surface area contributed by atoms with Gasteiger partial charge in [0.25, 0.3) is 0 Å². The summed E-state index contributed by atoms with van der Waals surface area (Å²) in [6, 6.07) is 8.43. The van der Waals surface area contributed by atoms with Crippen LogP contribution in [0.5, 0.6) is 0 Å². The molecule has 21 heavy (non-hydrogen) atoms. The average molecular weight is 282 g/mol. The number of nitrogens with one attached hydrogen (secondary N) is 1. The number of H-pyrrole nitrogens is 1. The molecule has 2 N–H and O–H groups in total. The van der Waals surface area contributed by atoms with Gasteiger partial charge in [0.15, 0.2) is 0 Å². The second-order valence-corrected chi connectivity index (χ2v) is 6.92. The Hall–Kier alpha value is -1.61. The fourth-order valence-corrected chi connectivity index (χ4v) is 4.42. The predicted octanol–water partition coefficient (Wildman–Crippen LogP) is 3.33. The van der Waals surface area contributed by atoms with Gasteiger partial charge < -0.3 is 10.1 Å². The molecule has 1 aromatic carbocycles. The monoisotopic (exact) mass is 282 g/mol. The molecule has 0 amide bonds. The number of benzene rings is 1. The van der Waals surface area contributed by atoms with E-state index in [-0.39, 0.29) is 5.54 Å². The van der Waals surface area contributed by atoms with Gasteiger partial charge in [0.1, 0.15) is 0 Å². The van der Waals surface area contributed by atoms with Crippen molar-refractivity contribution in [2.45, 2.75) is 38.1 Å². The zero-order chi connectivity index (χ0) is 14.4. The van der Waals surface area contributed by atoms with Crippen LogP contribution < -0.4 is 0 Å². The van der Waals surface area contributed by atoms with Crippen LogP contribution in [0, 0.1) is 11.8 Å². The van der Waals surface area contributed by atoms with E-state index in [1.165, 1.54) is 35.0 Å². The molecular formula is C18H22N2O. The van der Waals surface area contributed by atoms with E-state index >= 15 is 0 Å². The van der Waals surface area contributed by atoms with Crippen LogP contribution in [0.3, 0.4) is 0 Å². The molecule has 1 unspecified atom stereocenters. The normalized spacial score (nSPS) is 31.6. The van der Waals surface area contributed by atoms with Gasteiger partial charge in [-0.2, -0.15) is 0 Å². The summed E-state index contributed by atoms with van der Waals surface area (Å²) in [5.41, 5.74) is 3.91. The van der Waals surface area contributed by atoms with Crippen molar-refractivity contribution in [1.29, 1.82) is 0 Å². The summed E-state index contributed by atoms with van der Waals surface area (Å²) in [5, 5.41) is 10.7. The van der Waals surface area contributed by atoms with Gasteiger partial charge in [-0.15, -0.1) is 0 Å². The Kier molecular flexibility index (Phi) is 2.93. The minimum absolute atomic E-state index is 0.161. The molecule has 110 valence electrons. The molecule has 3 nitrogen and oxygen atoms in total. The van der Waals surface area contributed by atoms with Crippen molar-refractivity contribution in [3.05, 3.63) is 36.0 Å². The van der Waals surface area contributed by atoms with Gasteiger partial charge in [-0.25, -0.2) is 0 Å². The maximum absolute atomic E-state index is 9.38. The number of rotatable bonds is 4. The van der Waals surface area contributed by atoms with Gasteiger partial charge in [-0.05, 0) is 49.7 Å². The fraction of sp³-hybridized carbons (Fsp3) is 0.500. The molecule has 3 fully saturated rings. The first kappa shape index (κ1) is 13.1. The topological polar surface area (TPSA) is 48.4 Å². The largest absolute Gasteiger partial charge is 0.396 e. The SMILES string of the molecule is C/C(Cc1c[nH]c2ccccc12)=N\C12CC(CO)C(C1)C2. The number of hydrogen-bond donors (Lipinski definition) is 2. The maximum atomic E-state index is 9.38. The molecular weight excluding hydrogens is 260 g/mol. The second kappa shape index (κ2) is 4.70. The third-order valence-corrected chi connectivity index (χ3v) is 5.38. The molecule has 0 aliphatic heterocycles. The van der Waals surface area contributed by atoms with Gasteiger partial charge in [0.2, 0.25) is 0 Å². The van der Waals surface area contributed by atoms with E-state index in [1.807, 2.05) is 0 Å². The van der Waals surface area contributed by atoms with Crippen LogP contribution in [-0.4, -0.2) is 27.9 Å². The number of aliphatic imine (C=N–C) groups is 1. The lowest BCUT2D eigenvalue weighted by molar-refractivity contribution is 0.179. The fourth-order valence-electron chi connectivity index (χ4n) is 4.42. The van der Waals surface area contributed by atoms with Crippen molar-refractivity contribution in [2.75, 3.05) is 6.61 Å². The highest BCUT2D eigenvalue weighted by Crippen LogP contribution is 2.57. The second-order valence-electron chi connectivity index (χ2n) is 6.92. The van der Waals surface area contributed by atoms with Crippen LogP contribution in [0.4, 0.5) is 0 Å². The molecule has 1 atom stereocenters. The molecule has 3 aliphatic carbocycles. The minimum atomic E-state index is 0.161. The van der Waals surface area contributed by atoms with Crippen molar-refractivity contribution in [2.24, 2.45) is 16.8 Å². The first-order valence-electron chi connectivity index (χ1n) is 7.90. The zero-order valence-electron chi connectivity index (χ0n) is 12.5. The molecule has 0 radical (unpaired) electrons. The van der Waals surface area contributed by atoms with Crippen LogP contribution in [0.2, 0.25) is 0 Å². The standard InChI is InChI=1S/C18H22N2O/c1-12(20-18-7-14(8-18)15(9-18)11-21)6-13-10-19-17-5-3-2-4-16(13)17/h2-5,10,14-15,19,21H,6-9,11H2,1H3/b20-12+. The zero-order valence-corrected chi connectivity index (χ0v) is 12.5. The van der Waals surface area contributed by atoms with Crippen molar-refractivity contribution in [1.82, 2.24) is 4.98 Å². The molecule has 1 aromatic heterocycles. The van der Waals surface area contributed by atoms with Crippen molar-refractivity contribution < 1.29 is 5.11 Å². The van der Waals surface area contributed by atoms with Crippen LogP contribution >= 0.6 is 0 Å². The number of aliphatic hydroxyl groups excluding tert-OH is 1.